The summed E-state index contributed by atoms with van der Waals surface area (Å²) in [5.74, 6) is 0. The number of benzene rings is 2. The molecule has 0 aromatic heterocycles. The number of hydrogen-bond donors (Lipinski definition) is 1. The monoisotopic (exact) mass is 266 g/mol. The molecule has 2 aromatic rings. The number of alkyl halides is 3. The molecule has 1 N–H and O–H groups in total. The van der Waals surface area contributed by atoms with Crippen molar-refractivity contribution in [2.24, 2.45) is 0 Å². The molecule has 0 aliphatic heterocycles. The SMILES string of the molecule is Cc1cccc(C(O)c2ccc(C(F)(F)F)cc2)c1. The summed E-state index contributed by atoms with van der Waals surface area (Å²) in [6.45, 7) is 1.89. The second-order valence-corrected chi connectivity index (χ2v) is 4.44. The van der Waals surface area contributed by atoms with E-state index in [1.807, 2.05) is 19.1 Å². The van der Waals surface area contributed by atoms with Crippen molar-refractivity contribution in [2.45, 2.75) is 19.2 Å². The minimum absolute atomic E-state index is 0.443. The fourth-order valence-corrected chi connectivity index (χ4v) is 1.89. The molecule has 1 nitrogen and oxygen atoms in total. The highest BCUT2D eigenvalue weighted by molar-refractivity contribution is 5.34. The highest BCUT2D eigenvalue weighted by Crippen LogP contribution is 2.31. The predicted octanol–water partition coefficient (Wildman–Crippen LogP) is 4.10. The normalized spacial score (nSPS) is 13.3. The molecule has 0 radical (unpaired) electrons. The van der Waals surface area contributed by atoms with Crippen LogP contribution in [-0.2, 0) is 6.18 Å². The number of rotatable bonds is 2. The zero-order valence-electron chi connectivity index (χ0n) is 10.3. The molecule has 0 aliphatic carbocycles. The Morgan fingerprint density at radius 1 is 0.947 bits per heavy atom. The summed E-state index contributed by atoms with van der Waals surface area (Å²) in [7, 11) is 0. The van der Waals surface area contributed by atoms with E-state index in [0.29, 0.717) is 11.1 Å². The van der Waals surface area contributed by atoms with Gasteiger partial charge >= 0.3 is 6.18 Å². The lowest BCUT2D eigenvalue weighted by Gasteiger charge is -2.13. The van der Waals surface area contributed by atoms with E-state index < -0.39 is 17.8 Å². The summed E-state index contributed by atoms with van der Waals surface area (Å²) in [6, 6.07) is 11.8. The van der Waals surface area contributed by atoms with Gasteiger partial charge in [0.15, 0.2) is 0 Å². The molecule has 2 aromatic carbocycles. The average Bonchev–Trinajstić information content (AvgIpc) is 2.37. The van der Waals surface area contributed by atoms with Crippen molar-refractivity contribution in [2.75, 3.05) is 0 Å². The summed E-state index contributed by atoms with van der Waals surface area (Å²) < 4.78 is 37.3. The predicted molar refractivity (Wildman–Crippen MR) is 66.7 cm³/mol. The van der Waals surface area contributed by atoms with Crippen molar-refractivity contribution in [1.29, 1.82) is 0 Å². The van der Waals surface area contributed by atoms with Gasteiger partial charge in [0.25, 0.3) is 0 Å². The molecule has 0 fully saturated rings. The fourth-order valence-electron chi connectivity index (χ4n) is 1.89. The van der Waals surface area contributed by atoms with Gasteiger partial charge in [0, 0.05) is 0 Å². The first-order valence-electron chi connectivity index (χ1n) is 5.80. The highest BCUT2D eigenvalue weighted by atomic mass is 19.4. The van der Waals surface area contributed by atoms with Gasteiger partial charge in [0.2, 0.25) is 0 Å². The Morgan fingerprint density at radius 3 is 2.11 bits per heavy atom. The summed E-state index contributed by atoms with van der Waals surface area (Å²) in [6.07, 6.45) is -5.27. The second-order valence-electron chi connectivity index (χ2n) is 4.44. The van der Waals surface area contributed by atoms with E-state index in [0.717, 1.165) is 17.7 Å². The zero-order chi connectivity index (χ0) is 14.0. The van der Waals surface area contributed by atoms with Crippen molar-refractivity contribution in [1.82, 2.24) is 0 Å². The van der Waals surface area contributed by atoms with E-state index in [4.69, 9.17) is 0 Å². The molecular formula is C15H13F3O. The highest BCUT2D eigenvalue weighted by Gasteiger charge is 2.30. The quantitative estimate of drug-likeness (QED) is 0.867. The summed E-state index contributed by atoms with van der Waals surface area (Å²) in [5.41, 5.74) is 1.38. The topological polar surface area (TPSA) is 20.2 Å². The molecule has 2 rings (SSSR count). The van der Waals surface area contributed by atoms with E-state index >= 15 is 0 Å². The van der Waals surface area contributed by atoms with Crippen LogP contribution < -0.4 is 0 Å². The summed E-state index contributed by atoms with van der Waals surface area (Å²) >= 11 is 0. The first kappa shape index (κ1) is 13.6. The molecule has 4 heteroatoms. The number of hydrogen-bond acceptors (Lipinski definition) is 1. The van der Waals surface area contributed by atoms with Crippen LogP contribution >= 0.6 is 0 Å². The van der Waals surface area contributed by atoms with Crippen LogP contribution in [0.3, 0.4) is 0 Å². The van der Waals surface area contributed by atoms with Gasteiger partial charge in [-0.1, -0.05) is 42.0 Å². The minimum Gasteiger partial charge on any atom is -0.384 e. The van der Waals surface area contributed by atoms with E-state index in [1.165, 1.54) is 12.1 Å². The van der Waals surface area contributed by atoms with Gasteiger partial charge in [0.05, 0.1) is 5.56 Å². The average molecular weight is 266 g/mol. The number of aliphatic hydroxyl groups is 1. The molecule has 0 saturated carbocycles. The molecular weight excluding hydrogens is 253 g/mol. The molecule has 0 heterocycles. The van der Waals surface area contributed by atoms with Gasteiger partial charge in [-0.25, -0.2) is 0 Å². The Bertz CT molecular complexity index is 558. The first-order chi connectivity index (χ1) is 8.88. The van der Waals surface area contributed by atoms with Crippen molar-refractivity contribution in [3.8, 4) is 0 Å². The van der Waals surface area contributed by atoms with Crippen LogP contribution in [0.15, 0.2) is 48.5 Å². The molecule has 0 bridgehead atoms. The molecule has 100 valence electrons. The molecule has 0 amide bonds. The van der Waals surface area contributed by atoms with E-state index in [2.05, 4.69) is 0 Å². The number of halogens is 3. The fraction of sp³-hybridized carbons (Fsp3) is 0.200. The van der Waals surface area contributed by atoms with Gasteiger partial charge in [-0.2, -0.15) is 13.2 Å². The van der Waals surface area contributed by atoms with E-state index in [-0.39, 0.29) is 0 Å². The van der Waals surface area contributed by atoms with Crippen LogP contribution in [0.4, 0.5) is 13.2 Å². The third-order valence-corrected chi connectivity index (χ3v) is 2.91. The van der Waals surface area contributed by atoms with E-state index in [1.54, 1.807) is 12.1 Å². The van der Waals surface area contributed by atoms with Crippen molar-refractivity contribution in [3.05, 3.63) is 70.8 Å². The lowest BCUT2D eigenvalue weighted by atomic mass is 9.99. The van der Waals surface area contributed by atoms with Crippen LogP contribution in [0.25, 0.3) is 0 Å². The third kappa shape index (κ3) is 3.15. The van der Waals surface area contributed by atoms with Gasteiger partial charge in [0.1, 0.15) is 6.10 Å². The molecule has 1 atom stereocenters. The molecule has 0 aliphatic rings. The standard InChI is InChI=1S/C15H13F3O/c1-10-3-2-4-12(9-10)14(19)11-5-7-13(8-6-11)15(16,17)18/h2-9,14,19H,1H3. The second kappa shape index (κ2) is 5.05. The van der Waals surface area contributed by atoms with Gasteiger partial charge in [-0.05, 0) is 30.2 Å². The van der Waals surface area contributed by atoms with Crippen LogP contribution in [0.5, 0.6) is 0 Å². The largest absolute Gasteiger partial charge is 0.416 e. The van der Waals surface area contributed by atoms with Crippen LogP contribution in [0.1, 0.15) is 28.4 Å². The first-order valence-corrected chi connectivity index (χ1v) is 5.80. The van der Waals surface area contributed by atoms with Crippen molar-refractivity contribution in [3.63, 3.8) is 0 Å². The van der Waals surface area contributed by atoms with Gasteiger partial charge < -0.3 is 5.11 Å². The maximum absolute atomic E-state index is 12.4. The molecule has 0 saturated heterocycles. The van der Waals surface area contributed by atoms with Gasteiger partial charge in [-0.15, -0.1) is 0 Å². The molecule has 1 unspecified atom stereocenters. The number of aryl methyl sites for hydroxylation is 1. The maximum Gasteiger partial charge on any atom is 0.416 e. The Hall–Kier alpha value is -1.81. The maximum atomic E-state index is 12.4. The van der Waals surface area contributed by atoms with E-state index in [9.17, 15) is 18.3 Å². The lowest BCUT2D eigenvalue weighted by molar-refractivity contribution is -0.137. The Balaban J connectivity index is 2.27. The summed E-state index contributed by atoms with van der Waals surface area (Å²) in [5, 5.41) is 10.1. The summed E-state index contributed by atoms with van der Waals surface area (Å²) in [4.78, 5) is 0. The van der Waals surface area contributed by atoms with Crippen molar-refractivity contribution < 1.29 is 18.3 Å². The number of aliphatic hydroxyl groups excluding tert-OH is 1. The van der Waals surface area contributed by atoms with Crippen molar-refractivity contribution >= 4 is 0 Å². The molecule has 0 spiro atoms. The smallest absolute Gasteiger partial charge is 0.384 e. The van der Waals surface area contributed by atoms with Crippen LogP contribution in [0.2, 0.25) is 0 Å². The zero-order valence-corrected chi connectivity index (χ0v) is 10.3. The minimum atomic E-state index is -4.35. The Labute approximate surface area is 109 Å². The van der Waals surface area contributed by atoms with Crippen LogP contribution in [-0.4, -0.2) is 5.11 Å². The van der Waals surface area contributed by atoms with Crippen LogP contribution in [0, 0.1) is 6.92 Å². The Kier molecular flexibility index (Phi) is 3.62. The Morgan fingerprint density at radius 2 is 1.58 bits per heavy atom. The van der Waals surface area contributed by atoms with Gasteiger partial charge in [-0.3, -0.25) is 0 Å². The molecule has 19 heavy (non-hydrogen) atoms. The lowest BCUT2D eigenvalue weighted by Crippen LogP contribution is -2.06. The third-order valence-electron chi connectivity index (χ3n) is 2.91.